The van der Waals surface area contributed by atoms with Gasteiger partial charge in [0.2, 0.25) is 0 Å². The van der Waals surface area contributed by atoms with Crippen molar-refractivity contribution >= 4 is 11.6 Å². The van der Waals surface area contributed by atoms with Crippen LogP contribution in [0.2, 0.25) is 0 Å². The summed E-state index contributed by atoms with van der Waals surface area (Å²) in [4.78, 5) is 22.1. The second-order valence-corrected chi connectivity index (χ2v) is 4.42. The first kappa shape index (κ1) is 14.7. The maximum atomic E-state index is 12.0. The second kappa shape index (κ2) is 6.62. The van der Waals surface area contributed by atoms with Crippen molar-refractivity contribution in [1.82, 2.24) is 5.32 Å². The minimum atomic E-state index is -0.544. The summed E-state index contributed by atoms with van der Waals surface area (Å²) in [5.74, 6) is -0.397. The first-order valence-corrected chi connectivity index (χ1v) is 6.32. The molecule has 0 aromatic heterocycles. The third kappa shape index (κ3) is 3.64. The van der Waals surface area contributed by atoms with Crippen LogP contribution in [0.25, 0.3) is 0 Å². The average Bonchev–Trinajstić information content (AvgIpc) is 2.52. The summed E-state index contributed by atoms with van der Waals surface area (Å²) in [7, 11) is 0. The Bertz CT molecular complexity index is 670. The van der Waals surface area contributed by atoms with Crippen LogP contribution in [0.4, 0.5) is 5.69 Å². The lowest BCUT2D eigenvalue weighted by Gasteiger charge is -2.09. The van der Waals surface area contributed by atoms with Crippen molar-refractivity contribution in [2.75, 3.05) is 0 Å². The molecule has 6 nitrogen and oxygen atoms in total. The first-order valence-electron chi connectivity index (χ1n) is 6.32. The molecule has 21 heavy (non-hydrogen) atoms. The number of aliphatic hydroxyl groups is 1. The number of carbonyl (C=O) groups excluding carboxylic acids is 1. The van der Waals surface area contributed by atoms with Crippen LogP contribution in [-0.2, 0) is 13.2 Å². The highest BCUT2D eigenvalue weighted by molar-refractivity contribution is 5.94. The van der Waals surface area contributed by atoms with Gasteiger partial charge in [-0.15, -0.1) is 0 Å². The molecule has 0 fully saturated rings. The van der Waals surface area contributed by atoms with E-state index in [1.165, 1.54) is 24.3 Å². The number of nitrogens with zero attached hydrogens (tertiary/aromatic N) is 1. The molecule has 0 radical (unpaired) electrons. The minimum Gasteiger partial charge on any atom is -0.392 e. The van der Waals surface area contributed by atoms with Gasteiger partial charge in [-0.1, -0.05) is 30.3 Å². The molecule has 2 aromatic carbocycles. The Kier molecular flexibility index (Phi) is 4.63. The third-order valence-corrected chi connectivity index (χ3v) is 3.05. The van der Waals surface area contributed by atoms with E-state index in [0.29, 0.717) is 0 Å². The number of nitro benzene ring substituents is 1. The Balaban J connectivity index is 2.08. The number of nitro groups is 1. The van der Waals surface area contributed by atoms with Gasteiger partial charge in [0, 0.05) is 24.2 Å². The van der Waals surface area contributed by atoms with Crippen LogP contribution in [0.5, 0.6) is 0 Å². The van der Waals surface area contributed by atoms with E-state index < -0.39 is 10.8 Å². The van der Waals surface area contributed by atoms with Crippen LogP contribution in [0.3, 0.4) is 0 Å². The molecule has 0 aliphatic rings. The number of benzene rings is 2. The maximum Gasteiger partial charge on any atom is 0.270 e. The lowest BCUT2D eigenvalue weighted by atomic mass is 10.1. The van der Waals surface area contributed by atoms with Crippen LogP contribution in [0.15, 0.2) is 48.5 Å². The van der Waals surface area contributed by atoms with Gasteiger partial charge >= 0.3 is 0 Å². The van der Waals surface area contributed by atoms with E-state index in [0.717, 1.165) is 11.1 Å². The fourth-order valence-electron chi connectivity index (χ4n) is 1.92. The molecule has 108 valence electrons. The number of aliphatic hydroxyl groups excluding tert-OH is 1. The van der Waals surface area contributed by atoms with Crippen LogP contribution >= 0.6 is 0 Å². The number of nitrogens with one attached hydrogen (secondary N) is 1. The van der Waals surface area contributed by atoms with Gasteiger partial charge in [-0.25, -0.2) is 0 Å². The SMILES string of the molecule is O=C(NCc1ccccc1CO)c1cccc([N+](=O)[O-])c1. The van der Waals surface area contributed by atoms with Crippen molar-refractivity contribution < 1.29 is 14.8 Å². The van der Waals surface area contributed by atoms with Crippen molar-refractivity contribution in [3.8, 4) is 0 Å². The predicted molar refractivity (Wildman–Crippen MR) is 76.6 cm³/mol. The predicted octanol–water partition coefficient (Wildman–Crippen LogP) is 2.02. The van der Waals surface area contributed by atoms with Crippen LogP contribution < -0.4 is 5.32 Å². The summed E-state index contributed by atoms with van der Waals surface area (Å²) in [5, 5.41) is 22.6. The quantitative estimate of drug-likeness (QED) is 0.649. The van der Waals surface area contributed by atoms with Gasteiger partial charge < -0.3 is 10.4 Å². The van der Waals surface area contributed by atoms with E-state index in [1.807, 2.05) is 6.07 Å². The molecular formula is C15H14N2O4. The Morgan fingerprint density at radius 1 is 1.14 bits per heavy atom. The lowest BCUT2D eigenvalue weighted by molar-refractivity contribution is -0.384. The summed E-state index contributed by atoms with van der Waals surface area (Å²) < 4.78 is 0. The van der Waals surface area contributed by atoms with E-state index >= 15 is 0 Å². The third-order valence-electron chi connectivity index (χ3n) is 3.05. The van der Waals surface area contributed by atoms with E-state index in [-0.39, 0.29) is 24.4 Å². The molecule has 2 aromatic rings. The van der Waals surface area contributed by atoms with Crippen LogP contribution in [-0.4, -0.2) is 15.9 Å². The number of hydrogen-bond acceptors (Lipinski definition) is 4. The molecule has 0 aliphatic carbocycles. The average molecular weight is 286 g/mol. The van der Waals surface area contributed by atoms with Gasteiger partial charge in [0.1, 0.15) is 0 Å². The Morgan fingerprint density at radius 3 is 2.52 bits per heavy atom. The van der Waals surface area contributed by atoms with Gasteiger partial charge in [-0.2, -0.15) is 0 Å². The van der Waals surface area contributed by atoms with Gasteiger partial charge in [0.15, 0.2) is 0 Å². The Hall–Kier alpha value is -2.73. The fraction of sp³-hybridized carbons (Fsp3) is 0.133. The largest absolute Gasteiger partial charge is 0.392 e. The fourth-order valence-corrected chi connectivity index (χ4v) is 1.92. The molecule has 0 saturated carbocycles. The molecule has 0 aliphatic heterocycles. The standard InChI is InChI=1S/C15H14N2O4/c18-10-13-5-2-1-4-12(13)9-16-15(19)11-6-3-7-14(8-11)17(20)21/h1-8,18H,9-10H2,(H,16,19). The maximum absolute atomic E-state index is 12.0. The molecule has 0 bridgehead atoms. The number of carbonyl (C=O) groups is 1. The number of amides is 1. The Labute approximate surface area is 121 Å². The van der Waals surface area contributed by atoms with Crippen molar-refractivity contribution in [2.45, 2.75) is 13.2 Å². The molecule has 1 amide bonds. The molecule has 2 rings (SSSR count). The highest BCUT2D eigenvalue weighted by Gasteiger charge is 2.11. The topological polar surface area (TPSA) is 92.5 Å². The summed E-state index contributed by atoms with van der Waals surface area (Å²) in [6.07, 6.45) is 0. The molecule has 0 unspecified atom stereocenters. The zero-order chi connectivity index (χ0) is 15.2. The van der Waals surface area contributed by atoms with E-state index in [4.69, 9.17) is 0 Å². The number of rotatable bonds is 5. The molecular weight excluding hydrogens is 272 g/mol. The zero-order valence-electron chi connectivity index (χ0n) is 11.2. The monoisotopic (exact) mass is 286 g/mol. The summed E-state index contributed by atoms with van der Waals surface area (Å²) in [5.41, 5.74) is 1.64. The van der Waals surface area contributed by atoms with Crippen molar-refractivity contribution in [3.05, 3.63) is 75.3 Å². The Morgan fingerprint density at radius 2 is 1.86 bits per heavy atom. The normalized spacial score (nSPS) is 10.1. The molecule has 0 atom stereocenters. The summed E-state index contributed by atoms with van der Waals surface area (Å²) >= 11 is 0. The van der Waals surface area contributed by atoms with Gasteiger partial charge in [-0.3, -0.25) is 14.9 Å². The summed E-state index contributed by atoms with van der Waals surface area (Å²) in [6.45, 7) is 0.140. The second-order valence-electron chi connectivity index (χ2n) is 4.42. The van der Waals surface area contributed by atoms with Crippen molar-refractivity contribution in [1.29, 1.82) is 0 Å². The minimum absolute atomic E-state index is 0.108. The van der Waals surface area contributed by atoms with E-state index in [9.17, 15) is 20.0 Å². The molecule has 0 heterocycles. The molecule has 6 heteroatoms. The van der Waals surface area contributed by atoms with Crippen molar-refractivity contribution in [3.63, 3.8) is 0 Å². The van der Waals surface area contributed by atoms with Gasteiger partial charge in [-0.05, 0) is 17.2 Å². The van der Waals surface area contributed by atoms with E-state index in [2.05, 4.69) is 5.32 Å². The number of hydrogen-bond donors (Lipinski definition) is 2. The summed E-state index contributed by atoms with van der Waals surface area (Å²) in [6, 6.07) is 12.7. The van der Waals surface area contributed by atoms with E-state index in [1.54, 1.807) is 18.2 Å². The lowest BCUT2D eigenvalue weighted by Crippen LogP contribution is -2.23. The smallest absolute Gasteiger partial charge is 0.270 e. The zero-order valence-corrected chi connectivity index (χ0v) is 11.2. The van der Waals surface area contributed by atoms with Crippen molar-refractivity contribution in [2.24, 2.45) is 0 Å². The van der Waals surface area contributed by atoms with Gasteiger partial charge in [0.25, 0.3) is 11.6 Å². The highest BCUT2D eigenvalue weighted by Crippen LogP contribution is 2.13. The van der Waals surface area contributed by atoms with Crippen LogP contribution in [0.1, 0.15) is 21.5 Å². The molecule has 0 spiro atoms. The van der Waals surface area contributed by atoms with Crippen LogP contribution in [0, 0.1) is 10.1 Å². The molecule has 2 N–H and O–H groups in total. The highest BCUT2D eigenvalue weighted by atomic mass is 16.6. The molecule has 0 saturated heterocycles. The number of non-ortho nitro benzene ring substituents is 1. The van der Waals surface area contributed by atoms with Gasteiger partial charge in [0.05, 0.1) is 11.5 Å². The first-order chi connectivity index (χ1) is 10.1.